The fourth-order valence-electron chi connectivity index (χ4n) is 1.65. The van der Waals surface area contributed by atoms with Gasteiger partial charge in [-0.2, -0.15) is 5.10 Å². The van der Waals surface area contributed by atoms with E-state index < -0.39 is 0 Å². The van der Waals surface area contributed by atoms with Crippen molar-refractivity contribution in [3.8, 4) is 0 Å². The van der Waals surface area contributed by atoms with Gasteiger partial charge >= 0.3 is 0 Å². The summed E-state index contributed by atoms with van der Waals surface area (Å²) in [4.78, 5) is 3.87. The molecule has 76 valence electrons. The molecule has 2 rings (SSSR count). The molecule has 0 saturated heterocycles. The summed E-state index contributed by atoms with van der Waals surface area (Å²) < 4.78 is 1.79. The first-order valence-corrected chi connectivity index (χ1v) is 4.53. The summed E-state index contributed by atoms with van der Waals surface area (Å²) in [5, 5.41) is 15.5. The van der Waals surface area contributed by atoms with Gasteiger partial charge in [0, 0.05) is 13.0 Å². The van der Waals surface area contributed by atoms with Crippen LogP contribution in [0.2, 0.25) is 0 Å². The molecule has 1 aromatic rings. The van der Waals surface area contributed by atoms with Gasteiger partial charge in [0.2, 0.25) is 0 Å². The Labute approximate surface area is 81.4 Å². The number of hydrogen-bond acceptors (Lipinski definition) is 4. The largest absolute Gasteiger partial charge is 0.409 e. The Morgan fingerprint density at radius 1 is 1.64 bits per heavy atom. The highest BCUT2D eigenvalue weighted by molar-refractivity contribution is 5.80. The Bertz CT molecular complexity index is 328. The summed E-state index contributed by atoms with van der Waals surface area (Å²) in [6.07, 6.45) is 6.03. The third-order valence-corrected chi connectivity index (χ3v) is 2.61. The molecule has 1 aromatic heterocycles. The minimum absolute atomic E-state index is 0.143. The van der Waals surface area contributed by atoms with E-state index in [0.717, 1.165) is 19.4 Å². The predicted octanol–water partition coefficient (Wildman–Crippen LogP) is 0.195. The Balaban J connectivity index is 1.97. The van der Waals surface area contributed by atoms with Crippen molar-refractivity contribution in [2.24, 2.45) is 16.3 Å². The van der Waals surface area contributed by atoms with Crippen LogP contribution in [0.25, 0.3) is 0 Å². The van der Waals surface area contributed by atoms with Crippen LogP contribution in [0, 0.1) is 5.41 Å². The first-order valence-electron chi connectivity index (χ1n) is 4.53. The topological polar surface area (TPSA) is 89.3 Å². The van der Waals surface area contributed by atoms with Gasteiger partial charge in [-0.15, -0.1) is 0 Å². The van der Waals surface area contributed by atoms with E-state index >= 15 is 0 Å². The monoisotopic (exact) mass is 195 g/mol. The molecule has 1 heterocycles. The molecular weight excluding hydrogens is 182 g/mol. The number of nitrogens with two attached hydrogens (primary N) is 1. The maximum atomic E-state index is 8.48. The highest BCUT2D eigenvalue weighted by Gasteiger charge is 2.43. The van der Waals surface area contributed by atoms with Gasteiger partial charge in [0.05, 0.1) is 0 Å². The molecular formula is C8H13N5O. The average molecular weight is 195 g/mol. The van der Waals surface area contributed by atoms with E-state index in [-0.39, 0.29) is 5.41 Å². The lowest BCUT2D eigenvalue weighted by atomic mass is 10.0. The molecule has 1 aliphatic rings. The predicted molar refractivity (Wildman–Crippen MR) is 49.7 cm³/mol. The van der Waals surface area contributed by atoms with E-state index in [4.69, 9.17) is 10.9 Å². The Morgan fingerprint density at radius 2 is 2.43 bits per heavy atom. The van der Waals surface area contributed by atoms with Gasteiger partial charge in [-0.3, -0.25) is 4.68 Å². The van der Waals surface area contributed by atoms with Crippen LogP contribution in [0.5, 0.6) is 0 Å². The van der Waals surface area contributed by atoms with Gasteiger partial charge in [0.25, 0.3) is 0 Å². The van der Waals surface area contributed by atoms with E-state index in [2.05, 4.69) is 15.2 Å². The fraction of sp³-hybridized carbons (Fsp3) is 0.625. The second kappa shape index (κ2) is 3.28. The molecule has 6 heteroatoms. The molecule has 0 bridgehead atoms. The molecule has 0 radical (unpaired) electrons. The van der Waals surface area contributed by atoms with E-state index in [9.17, 15) is 0 Å². The average Bonchev–Trinajstić information content (AvgIpc) is 2.72. The van der Waals surface area contributed by atoms with Crippen molar-refractivity contribution in [1.29, 1.82) is 0 Å². The molecule has 0 aromatic carbocycles. The SMILES string of the molecule is NC(CC1(Cn2cncn2)CC1)=NO. The molecule has 0 amide bonds. The number of nitrogens with zero attached hydrogens (tertiary/aromatic N) is 4. The highest BCUT2D eigenvalue weighted by atomic mass is 16.4. The minimum Gasteiger partial charge on any atom is -0.409 e. The van der Waals surface area contributed by atoms with Crippen molar-refractivity contribution >= 4 is 5.84 Å². The van der Waals surface area contributed by atoms with E-state index in [1.54, 1.807) is 11.0 Å². The Kier molecular flexibility index (Phi) is 2.11. The minimum atomic E-state index is 0.143. The van der Waals surface area contributed by atoms with E-state index in [0.29, 0.717) is 12.3 Å². The summed E-state index contributed by atoms with van der Waals surface area (Å²) in [6.45, 7) is 0.795. The van der Waals surface area contributed by atoms with Crippen LogP contribution in [0.3, 0.4) is 0 Å². The van der Waals surface area contributed by atoms with Gasteiger partial charge in [0.15, 0.2) is 0 Å². The third kappa shape index (κ3) is 1.84. The molecule has 6 nitrogen and oxygen atoms in total. The van der Waals surface area contributed by atoms with Gasteiger partial charge < -0.3 is 10.9 Å². The maximum absolute atomic E-state index is 8.48. The van der Waals surface area contributed by atoms with Gasteiger partial charge in [0.1, 0.15) is 18.5 Å². The lowest BCUT2D eigenvalue weighted by Crippen LogP contribution is -2.21. The molecule has 3 N–H and O–H groups in total. The number of aromatic nitrogens is 3. The Morgan fingerprint density at radius 3 is 2.93 bits per heavy atom. The van der Waals surface area contributed by atoms with E-state index in [1.165, 1.54) is 6.33 Å². The van der Waals surface area contributed by atoms with Gasteiger partial charge in [-0.05, 0) is 18.3 Å². The lowest BCUT2D eigenvalue weighted by molar-refractivity contribution is 0.312. The highest BCUT2D eigenvalue weighted by Crippen LogP contribution is 2.49. The van der Waals surface area contributed by atoms with Crippen molar-refractivity contribution < 1.29 is 5.21 Å². The second-order valence-corrected chi connectivity index (χ2v) is 3.86. The zero-order chi connectivity index (χ0) is 10.0. The molecule has 14 heavy (non-hydrogen) atoms. The van der Waals surface area contributed by atoms with Crippen LogP contribution in [-0.2, 0) is 6.54 Å². The summed E-state index contributed by atoms with van der Waals surface area (Å²) >= 11 is 0. The zero-order valence-electron chi connectivity index (χ0n) is 7.80. The van der Waals surface area contributed by atoms with E-state index in [1.807, 2.05) is 0 Å². The van der Waals surface area contributed by atoms with Crippen LogP contribution in [0.1, 0.15) is 19.3 Å². The van der Waals surface area contributed by atoms with Crippen molar-refractivity contribution in [3.05, 3.63) is 12.7 Å². The summed E-state index contributed by atoms with van der Waals surface area (Å²) in [5.74, 6) is 0.294. The first-order chi connectivity index (χ1) is 6.74. The zero-order valence-corrected chi connectivity index (χ0v) is 7.80. The summed E-state index contributed by atoms with van der Waals surface area (Å²) in [5.41, 5.74) is 5.63. The fourth-order valence-corrected chi connectivity index (χ4v) is 1.65. The second-order valence-electron chi connectivity index (χ2n) is 3.86. The molecule has 1 fully saturated rings. The normalized spacial score (nSPS) is 19.6. The molecule has 0 unspecified atom stereocenters. The third-order valence-electron chi connectivity index (χ3n) is 2.61. The molecule has 0 aliphatic heterocycles. The van der Waals surface area contributed by atoms with Crippen LogP contribution >= 0.6 is 0 Å². The number of rotatable bonds is 4. The quantitative estimate of drug-likeness (QED) is 0.311. The van der Waals surface area contributed by atoms with Crippen LogP contribution < -0.4 is 5.73 Å². The standard InChI is InChI=1S/C8H13N5O/c9-7(12-14)3-8(1-2-8)4-13-6-10-5-11-13/h5-6,14H,1-4H2,(H2,9,12). The van der Waals surface area contributed by atoms with Crippen LogP contribution in [0.15, 0.2) is 17.8 Å². The van der Waals surface area contributed by atoms with Crippen molar-refractivity contribution in [2.45, 2.75) is 25.8 Å². The summed E-state index contributed by atoms with van der Waals surface area (Å²) in [7, 11) is 0. The summed E-state index contributed by atoms with van der Waals surface area (Å²) in [6, 6.07) is 0. The maximum Gasteiger partial charge on any atom is 0.139 e. The number of hydrogen-bond donors (Lipinski definition) is 2. The van der Waals surface area contributed by atoms with Crippen molar-refractivity contribution in [1.82, 2.24) is 14.8 Å². The number of amidine groups is 1. The smallest absolute Gasteiger partial charge is 0.139 e. The molecule has 1 saturated carbocycles. The Hall–Kier alpha value is -1.59. The molecule has 1 aliphatic carbocycles. The van der Waals surface area contributed by atoms with Crippen LogP contribution in [-0.4, -0.2) is 25.8 Å². The van der Waals surface area contributed by atoms with Crippen molar-refractivity contribution in [3.63, 3.8) is 0 Å². The van der Waals surface area contributed by atoms with Crippen molar-refractivity contribution in [2.75, 3.05) is 0 Å². The number of oxime groups is 1. The lowest BCUT2D eigenvalue weighted by Gasteiger charge is -2.13. The van der Waals surface area contributed by atoms with Gasteiger partial charge in [-0.25, -0.2) is 4.98 Å². The molecule has 0 spiro atoms. The van der Waals surface area contributed by atoms with Crippen LogP contribution in [0.4, 0.5) is 0 Å². The molecule has 0 atom stereocenters. The first kappa shape index (κ1) is 8.98. The van der Waals surface area contributed by atoms with Gasteiger partial charge in [-0.1, -0.05) is 5.16 Å².